The van der Waals surface area contributed by atoms with Crippen LogP contribution in [0.2, 0.25) is 0 Å². The zero-order valence-corrected chi connectivity index (χ0v) is 14.3. The number of rotatable bonds is 3. The van der Waals surface area contributed by atoms with E-state index in [1.807, 2.05) is 24.0 Å². The lowest BCUT2D eigenvalue weighted by molar-refractivity contribution is -0.122. The monoisotopic (exact) mass is 341 g/mol. The Morgan fingerprint density at radius 1 is 1.44 bits per heavy atom. The smallest absolute Gasteiger partial charge is 0.253 e. The van der Waals surface area contributed by atoms with Gasteiger partial charge in [0.2, 0.25) is 5.91 Å². The minimum atomic E-state index is -0.114. The summed E-state index contributed by atoms with van der Waals surface area (Å²) in [4.78, 5) is 26.4. The zero-order valence-electron chi connectivity index (χ0n) is 14.3. The van der Waals surface area contributed by atoms with Crippen LogP contribution in [-0.4, -0.2) is 52.6 Å². The fourth-order valence-electron chi connectivity index (χ4n) is 4.39. The van der Waals surface area contributed by atoms with Crippen molar-refractivity contribution in [3.63, 3.8) is 0 Å². The molecule has 1 aromatic heterocycles. The molecule has 1 aliphatic heterocycles. The number of benzene rings is 1. The van der Waals surface area contributed by atoms with Crippen LogP contribution in [0.5, 0.6) is 0 Å². The van der Waals surface area contributed by atoms with Gasteiger partial charge >= 0.3 is 0 Å². The van der Waals surface area contributed by atoms with E-state index < -0.39 is 0 Å². The van der Waals surface area contributed by atoms with Crippen molar-refractivity contribution < 1.29 is 9.59 Å². The van der Waals surface area contributed by atoms with Crippen LogP contribution in [0.4, 0.5) is 0 Å². The molecule has 25 heavy (non-hydrogen) atoms. The summed E-state index contributed by atoms with van der Waals surface area (Å²) in [7, 11) is 0. The average Bonchev–Trinajstić information content (AvgIpc) is 3.19. The molecule has 1 aliphatic carbocycles. The number of H-pyrrole nitrogens is 1. The first-order valence-electron chi connectivity index (χ1n) is 8.75. The molecular weight excluding hydrogens is 318 g/mol. The van der Waals surface area contributed by atoms with Gasteiger partial charge < -0.3 is 16.0 Å². The molecule has 7 heteroatoms. The third-order valence-corrected chi connectivity index (χ3v) is 5.72. The summed E-state index contributed by atoms with van der Waals surface area (Å²) in [5.41, 5.74) is 8.12. The van der Waals surface area contributed by atoms with E-state index >= 15 is 0 Å². The molecule has 1 aromatic carbocycles. The highest BCUT2D eigenvalue weighted by Crippen LogP contribution is 2.46. The van der Waals surface area contributed by atoms with Crippen molar-refractivity contribution in [2.45, 2.75) is 32.2 Å². The molecule has 4 N–H and O–H groups in total. The fourth-order valence-corrected chi connectivity index (χ4v) is 4.39. The number of aryl methyl sites for hydroxylation is 1. The van der Waals surface area contributed by atoms with Gasteiger partial charge in [-0.15, -0.1) is 0 Å². The molecule has 2 amide bonds. The minimum absolute atomic E-state index is 0.0131. The molecule has 2 aromatic rings. The quantitative estimate of drug-likeness (QED) is 0.773. The average molecular weight is 341 g/mol. The second-order valence-corrected chi connectivity index (χ2v) is 7.37. The minimum Gasteiger partial charge on any atom is -0.352 e. The van der Waals surface area contributed by atoms with Gasteiger partial charge in [0, 0.05) is 35.5 Å². The predicted molar refractivity (Wildman–Crippen MR) is 94.0 cm³/mol. The van der Waals surface area contributed by atoms with Gasteiger partial charge in [-0.05, 0) is 37.5 Å². The number of amides is 2. The van der Waals surface area contributed by atoms with Gasteiger partial charge in [-0.1, -0.05) is 6.42 Å². The summed E-state index contributed by atoms with van der Waals surface area (Å²) < 4.78 is 0. The highest BCUT2D eigenvalue weighted by Gasteiger charge is 2.53. The Morgan fingerprint density at radius 3 is 3.00 bits per heavy atom. The Hall–Kier alpha value is -2.41. The Balaban J connectivity index is 1.49. The lowest BCUT2D eigenvalue weighted by Gasteiger charge is -2.51. The Labute approximate surface area is 145 Å². The largest absolute Gasteiger partial charge is 0.352 e. The molecule has 1 saturated carbocycles. The summed E-state index contributed by atoms with van der Waals surface area (Å²) in [5, 5.41) is 11.0. The molecular formula is C18H23N5O2. The summed E-state index contributed by atoms with van der Waals surface area (Å²) in [5.74, 6) is -0.0651. The van der Waals surface area contributed by atoms with Gasteiger partial charge in [0.15, 0.2) is 0 Å². The number of carbonyl (C=O) groups is 2. The molecule has 2 fully saturated rings. The van der Waals surface area contributed by atoms with Gasteiger partial charge in [0.05, 0.1) is 18.3 Å². The number of nitrogens with one attached hydrogen (secondary N) is 2. The Bertz CT molecular complexity index is 837. The van der Waals surface area contributed by atoms with Gasteiger partial charge in [0.25, 0.3) is 5.91 Å². The van der Waals surface area contributed by atoms with Gasteiger partial charge in [-0.2, -0.15) is 5.10 Å². The number of hydrogen-bond donors (Lipinski definition) is 3. The van der Waals surface area contributed by atoms with E-state index in [2.05, 4.69) is 15.5 Å². The van der Waals surface area contributed by atoms with Crippen molar-refractivity contribution in [3.05, 3.63) is 29.5 Å². The lowest BCUT2D eigenvalue weighted by atomic mass is 9.74. The maximum atomic E-state index is 12.9. The number of likely N-dealkylation sites (tertiary alicyclic amines) is 1. The van der Waals surface area contributed by atoms with Crippen molar-refractivity contribution in [2.24, 2.45) is 11.1 Å². The highest BCUT2D eigenvalue weighted by molar-refractivity contribution is 5.99. The molecule has 0 bridgehead atoms. The van der Waals surface area contributed by atoms with E-state index in [4.69, 9.17) is 5.73 Å². The number of nitrogens with two attached hydrogens (primary N) is 1. The van der Waals surface area contributed by atoms with Crippen LogP contribution in [0.3, 0.4) is 0 Å². The van der Waals surface area contributed by atoms with Crippen molar-refractivity contribution in [1.29, 1.82) is 0 Å². The van der Waals surface area contributed by atoms with Crippen molar-refractivity contribution >= 4 is 22.7 Å². The maximum absolute atomic E-state index is 12.9. The van der Waals surface area contributed by atoms with E-state index in [-0.39, 0.29) is 29.8 Å². The van der Waals surface area contributed by atoms with E-state index in [1.54, 1.807) is 6.20 Å². The lowest BCUT2D eigenvalue weighted by Crippen LogP contribution is -2.65. The maximum Gasteiger partial charge on any atom is 0.253 e. The molecule has 1 saturated heterocycles. The summed E-state index contributed by atoms with van der Waals surface area (Å²) in [6.07, 6.45) is 4.84. The topological polar surface area (TPSA) is 104 Å². The van der Waals surface area contributed by atoms with Crippen molar-refractivity contribution in [2.75, 3.05) is 19.6 Å². The SMILES string of the molecule is Cc1cc(C(=O)N2CC3(CCCC3NC(=O)CN)C2)cc2cn[nH]c12. The first-order chi connectivity index (χ1) is 12.0. The van der Waals surface area contributed by atoms with Gasteiger partial charge in [-0.25, -0.2) is 0 Å². The van der Waals surface area contributed by atoms with Crippen LogP contribution in [0.25, 0.3) is 10.9 Å². The molecule has 2 heterocycles. The molecule has 132 valence electrons. The van der Waals surface area contributed by atoms with E-state index in [0.29, 0.717) is 18.7 Å². The first kappa shape index (κ1) is 16.1. The van der Waals surface area contributed by atoms with Crippen LogP contribution in [0.15, 0.2) is 18.3 Å². The van der Waals surface area contributed by atoms with E-state index in [9.17, 15) is 9.59 Å². The summed E-state index contributed by atoms with van der Waals surface area (Å²) >= 11 is 0. The fraction of sp³-hybridized carbons (Fsp3) is 0.500. The van der Waals surface area contributed by atoms with Crippen LogP contribution in [0, 0.1) is 12.3 Å². The van der Waals surface area contributed by atoms with Crippen molar-refractivity contribution in [3.8, 4) is 0 Å². The second kappa shape index (κ2) is 5.84. The summed E-state index contributed by atoms with van der Waals surface area (Å²) in [6, 6.07) is 3.93. The zero-order chi connectivity index (χ0) is 17.6. The molecule has 4 rings (SSSR count). The number of hydrogen-bond acceptors (Lipinski definition) is 4. The van der Waals surface area contributed by atoms with Crippen molar-refractivity contribution in [1.82, 2.24) is 20.4 Å². The van der Waals surface area contributed by atoms with Crippen LogP contribution >= 0.6 is 0 Å². The second-order valence-electron chi connectivity index (χ2n) is 7.37. The van der Waals surface area contributed by atoms with Gasteiger partial charge in [-0.3, -0.25) is 14.7 Å². The number of aromatic nitrogens is 2. The molecule has 2 aliphatic rings. The number of fused-ring (bicyclic) bond motifs is 1. The van der Waals surface area contributed by atoms with Crippen LogP contribution in [-0.2, 0) is 4.79 Å². The number of nitrogens with zero attached hydrogens (tertiary/aromatic N) is 2. The predicted octanol–water partition coefficient (Wildman–Crippen LogP) is 0.941. The molecule has 7 nitrogen and oxygen atoms in total. The van der Waals surface area contributed by atoms with Crippen LogP contribution < -0.4 is 11.1 Å². The highest BCUT2D eigenvalue weighted by atomic mass is 16.2. The molecule has 0 radical (unpaired) electrons. The molecule has 1 atom stereocenters. The molecule has 1 spiro atoms. The Morgan fingerprint density at radius 2 is 2.24 bits per heavy atom. The Kier molecular flexibility index (Phi) is 3.76. The van der Waals surface area contributed by atoms with Crippen LogP contribution in [0.1, 0.15) is 35.2 Å². The normalized spacial score (nSPS) is 21.5. The van der Waals surface area contributed by atoms with E-state index in [0.717, 1.165) is 35.7 Å². The standard InChI is InChI=1S/C18H23N5O2/c1-11-5-12(6-13-8-20-22-16(11)13)17(25)23-9-18(10-23)4-2-3-14(18)21-15(24)7-19/h5-6,8,14H,2-4,7,9-10,19H2,1H3,(H,20,22)(H,21,24). The number of carbonyl (C=O) groups excluding carboxylic acids is 2. The van der Waals surface area contributed by atoms with E-state index in [1.165, 1.54) is 0 Å². The first-order valence-corrected chi connectivity index (χ1v) is 8.75. The van der Waals surface area contributed by atoms with Gasteiger partial charge in [0.1, 0.15) is 0 Å². The number of aromatic amines is 1. The summed E-state index contributed by atoms with van der Waals surface area (Å²) in [6.45, 7) is 3.39. The third-order valence-electron chi connectivity index (χ3n) is 5.72. The molecule has 1 unspecified atom stereocenters. The third kappa shape index (κ3) is 2.59.